The van der Waals surface area contributed by atoms with Crippen LogP contribution in [0.5, 0.6) is 5.75 Å². The van der Waals surface area contributed by atoms with Gasteiger partial charge in [0.2, 0.25) is 5.60 Å². The fourth-order valence-electron chi connectivity index (χ4n) is 2.19. The summed E-state index contributed by atoms with van der Waals surface area (Å²) in [6, 6.07) is 11.1. The van der Waals surface area contributed by atoms with Crippen LogP contribution >= 0.6 is 15.9 Å². The van der Waals surface area contributed by atoms with Gasteiger partial charge in [0.25, 0.3) is 5.91 Å². The number of carbonyl (C=O) groups is 1. The van der Waals surface area contributed by atoms with E-state index >= 15 is 0 Å². The highest BCUT2D eigenvalue weighted by molar-refractivity contribution is 9.10. The molecular weight excluding hydrogens is 403 g/mol. The summed E-state index contributed by atoms with van der Waals surface area (Å²) < 4.78 is 45.6. The summed E-state index contributed by atoms with van der Waals surface area (Å²) in [6.45, 7) is -1.02. The Morgan fingerprint density at radius 2 is 1.84 bits per heavy atom. The van der Waals surface area contributed by atoms with Gasteiger partial charge >= 0.3 is 6.18 Å². The topological polar surface area (TPSA) is 58.6 Å². The highest BCUT2D eigenvalue weighted by Crippen LogP contribution is 2.38. The third-order valence-electron chi connectivity index (χ3n) is 3.64. The van der Waals surface area contributed by atoms with E-state index in [1.807, 2.05) is 0 Å². The number of nitrogens with one attached hydrogen (secondary N) is 1. The monoisotopic (exact) mass is 417 g/mol. The summed E-state index contributed by atoms with van der Waals surface area (Å²) in [4.78, 5) is 12.3. The van der Waals surface area contributed by atoms with Gasteiger partial charge in [0, 0.05) is 4.47 Å². The van der Waals surface area contributed by atoms with E-state index in [0.29, 0.717) is 10.2 Å². The number of carbonyl (C=O) groups excluding carboxylic acids is 1. The third-order valence-corrected chi connectivity index (χ3v) is 4.33. The maximum atomic E-state index is 13.4. The van der Waals surface area contributed by atoms with Crippen molar-refractivity contribution in [2.45, 2.75) is 11.8 Å². The smallest absolute Gasteiger partial charge is 0.423 e. The molecule has 0 heterocycles. The average Bonchev–Trinajstić information content (AvgIpc) is 2.59. The first-order valence-corrected chi connectivity index (χ1v) is 7.94. The first kappa shape index (κ1) is 19.3. The average molecular weight is 418 g/mol. The minimum atomic E-state index is -4.97. The number of alkyl halides is 3. The van der Waals surface area contributed by atoms with Gasteiger partial charge in [-0.3, -0.25) is 4.79 Å². The SMILES string of the molecule is COc1ccc(Br)c(C(=O)NC[C@](O)(c2ccccc2)C(F)(F)F)c1. The molecule has 4 nitrogen and oxygen atoms in total. The van der Waals surface area contributed by atoms with Crippen molar-refractivity contribution >= 4 is 21.8 Å². The lowest BCUT2D eigenvalue weighted by Crippen LogP contribution is -2.51. The molecular formula is C17H15BrF3NO3. The van der Waals surface area contributed by atoms with Gasteiger partial charge in [0.15, 0.2) is 0 Å². The molecule has 0 bridgehead atoms. The van der Waals surface area contributed by atoms with Crippen LogP contribution in [-0.2, 0) is 5.60 Å². The van der Waals surface area contributed by atoms with Gasteiger partial charge in [0.05, 0.1) is 19.2 Å². The van der Waals surface area contributed by atoms with Crippen LogP contribution in [-0.4, -0.2) is 30.8 Å². The fraction of sp³-hybridized carbons (Fsp3) is 0.235. The number of hydrogen-bond donors (Lipinski definition) is 2. The number of methoxy groups -OCH3 is 1. The second-order valence-electron chi connectivity index (χ2n) is 5.25. The molecule has 0 aliphatic rings. The molecule has 2 N–H and O–H groups in total. The van der Waals surface area contributed by atoms with E-state index in [-0.39, 0.29) is 11.1 Å². The molecule has 0 saturated heterocycles. The van der Waals surface area contributed by atoms with Crippen LogP contribution in [0.3, 0.4) is 0 Å². The third kappa shape index (κ3) is 4.13. The Hall–Kier alpha value is -2.06. The second kappa shape index (κ2) is 7.45. The van der Waals surface area contributed by atoms with Gasteiger partial charge < -0.3 is 15.2 Å². The van der Waals surface area contributed by atoms with Crippen LogP contribution in [0.15, 0.2) is 53.0 Å². The number of ether oxygens (including phenoxy) is 1. The van der Waals surface area contributed by atoms with Crippen LogP contribution in [0.2, 0.25) is 0 Å². The number of hydrogen-bond acceptors (Lipinski definition) is 3. The van der Waals surface area contributed by atoms with Crippen LogP contribution in [0.4, 0.5) is 13.2 Å². The van der Waals surface area contributed by atoms with E-state index in [0.717, 1.165) is 12.1 Å². The Labute approximate surface area is 150 Å². The molecule has 8 heteroatoms. The molecule has 0 aliphatic heterocycles. The molecule has 0 radical (unpaired) electrons. The van der Waals surface area contributed by atoms with E-state index in [4.69, 9.17) is 4.74 Å². The lowest BCUT2D eigenvalue weighted by molar-refractivity contribution is -0.263. The molecule has 0 saturated carbocycles. The largest absolute Gasteiger partial charge is 0.497 e. The molecule has 2 aromatic carbocycles. The van der Waals surface area contributed by atoms with E-state index in [1.165, 1.54) is 31.4 Å². The van der Waals surface area contributed by atoms with Crippen LogP contribution < -0.4 is 10.1 Å². The van der Waals surface area contributed by atoms with Crippen LogP contribution in [0.25, 0.3) is 0 Å². The Balaban J connectivity index is 2.26. The van der Waals surface area contributed by atoms with Crippen molar-refractivity contribution in [3.05, 3.63) is 64.1 Å². The van der Waals surface area contributed by atoms with E-state index in [9.17, 15) is 23.1 Å². The Morgan fingerprint density at radius 3 is 2.40 bits per heavy atom. The fourth-order valence-corrected chi connectivity index (χ4v) is 2.62. The molecule has 25 heavy (non-hydrogen) atoms. The van der Waals surface area contributed by atoms with Crippen molar-refractivity contribution in [3.8, 4) is 5.75 Å². The van der Waals surface area contributed by atoms with Crippen molar-refractivity contribution in [2.75, 3.05) is 13.7 Å². The quantitative estimate of drug-likeness (QED) is 0.780. The van der Waals surface area contributed by atoms with Crippen molar-refractivity contribution in [1.82, 2.24) is 5.32 Å². The molecule has 0 unspecified atom stereocenters. The number of rotatable bonds is 5. The maximum absolute atomic E-state index is 13.4. The van der Waals surface area contributed by atoms with E-state index in [1.54, 1.807) is 12.1 Å². The van der Waals surface area contributed by atoms with Gasteiger partial charge in [-0.15, -0.1) is 0 Å². The van der Waals surface area contributed by atoms with Crippen molar-refractivity contribution < 1.29 is 27.8 Å². The predicted octanol–water partition coefficient (Wildman–Crippen LogP) is 3.64. The molecule has 0 fully saturated rings. The first-order chi connectivity index (χ1) is 11.7. The molecule has 1 atom stereocenters. The van der Waals surface area contributed by atoms with Gasteiger partial charge in [-0.25, -0.2) is 0 Å². The molecule has 0 spiro atoms. The standard InChI is InChI=1S/C17H15BrF3NO3/c1-25-12-7-8-14(18)13(9-12)15(23)22-10-16(24,17(19,20)21)11-5-3-2-4-6-11/h2-9,24H,10H2,1H3,(H,22,23)/t16-/m0/s1. The van der Waals surface area contributed by atoms with E-state index < -0.39 is 24.2 Å². The zero-order valence-corrected chi connectivity index (χ0v) is 14.7. The van der Waals surface area contributed by atoms with Gasteiger partial charge in [-0.2, -0.15) is 13.2 Å². The van der Waals surface area contributed by atoms with Crippen LogP contribution in [0, 0.1) is 0 Å². The molecule has 1 amide bonds. The summed E-state index contributed by atoms with van der Waals surface area (Å²) in [5.74, 6) is -0.396. The first-order valence-electron chi connectivity index (χ1n) is 7.15. The zero-order chi connectivity index (χ0) is 18.7. The van der Waals surface area contributed by atoms with Crippen LogP contribution in [0.1, 0.15) is 15.9 Å². The van der Waals surface area contributed by atoms with Gasteiger partial charge in [-0.05, 0) is 39.7 Å². The highest BCUT2D eigenvalue weighted by atomic mass is 79.9. The lowest BCUT2D eigenvalue weighted by atomic mass is 9.93. The summed E-state index contributed by atoms with van der Waals surface area (Å²) in [5.41, 5.74) is -3.46. The normalized spacial score (nSPS) is 13.8. The van der Waals surface area contributed by atoms with Crippen molar-refractivity contribution in [2.24, 2.45) is 0 Å². The minimum Gasteiger partial charge on any atom is -0.497 e. The Kier molecular flexibility index (Phi) is 5.74. The van der Waals surface area contributed by atoms with Crippen molar-refractivity contribution in [1.29, 1.82) is 0 Å². The Bertz CT molecular complexity index is 753. The van der Waals surface area contributed by atoms with Gasteiger partial charge in [0.1, 0.15) is 5.75 Å². The summed E-state index contributed by atoms with van der Waals surface area (Å²) in [6.07, 6.45) is -4.97. The van der Waals surface area contributed by atoms with Gasteiger partial charge in [-0.1, -0.05) is 30.3 Å². The van der Waals surface area contributed by atoms with E-state index in [2.05, 4.69) is 21.2 Å². The maximum Gasteiger partial charge on any atom is 0.423 e. The Morgan fingerprint density at radius 1 is 1.20 bits per heavy atom. The number of benzene rings is 2. The second-order valence-corrected chi connectivity index (χ2v) is 6.11. The predicted molar refractivity (Wildman–Crippen MR) is 89.4 cm³/mol. The molecule has 2 rings (SSSR count). The number of halogens is 4. The summed E-state index contributed by atoms with van der Waals surface area (Å²) in [5, 5.41) is 12.4. The number of aliphatic hydroxyl groups is 1. The molecule has 134 valence electrons. The molecule has 0 aromatic heterocycles. The molecule has 0 aliphatic carbocycles. The minimum absolute atomic E-state index is 0.0944. The molecule has 2 aromatic rings. The highest BCUT2D eigenvalue weighted by Gasteiger charge is 2.55. The van der Waals surface area contributed by atoms with Crippen molar-refractivity contribution in [3.63, 3.8) is 0 Å². The number of amides is 1. The zero-order valence-electron chi connectivity index (χ0n) is 13.1. The summed E-state index contributed by atoms with van der Waals surface area (Å²) >= 11 is 3.16. The lowest BCUT2D eigenvalue weighted by Gasteiger charge is -2.31. The summed E-state index contributed by atoms with van der Waals surface area (Å²) in [7, 11) is 1.41.